The number of benzene rings is 2. The van der Waals surface area contributed by atoms with Crippen molar-refractivity contribution in [3.05, 3.63) is 77.6 Å². The Morgan fingerprint density at radius 3 is 2.55 bits per heavy atom. The summed E-state index contributed by atoms with van der Waals surface area (Å²) in [5.41, 5.74) is 3.30. The van der Waals surface area contributed by atoms with Gasteiger partial charge in [-0.05, 0) is 43.7 Å². The number of allylic oxidation sites excluding steroid dienone is 1. The van der Waals surface area contributed by atoms with Crippen LogP contribution in [0.5, 0.6) is 5.75 Å². The monoisotopic (exact) mass is 465 g/mol. The third kappa shape index (κ3) is 6.45. The Labute approximate surface area is 197 Å². The number of thioether (sulfide) groups is 1. The first-order valence-electron chi connectivity index (χ1n) is 10.4. The topological polar surface area (TPSA) is 98.1 Å². The van der Waals surface area contributed by atoms with E-state index in [1.807, 2.05) is 48.7 Å². The maximum Gasteiger partial charge on any atom is 0.251 e. The van der Waals surface area contributed by atoms with Gasteiger partial charge < -0.3 is 19.9 Å². The number of hydrogen-bond acceptors (Lipinski definition) is 6. The fourth-order valence-corrected chi connectivity index (χ4v) is 3.84. The molecule has 0 fully saturated rings. The van der Waals surface area contributed by atoms with E-state index in [-0.39, 0.29) is 24.1 Å². The van der Waals surface area contributed by atoms with Crippen molar-refractivity contribution in [2.24, 2.45) is 0 Å². The maximum atomic E-state index is 12.5. The van der Waals surface area contributed by atoms with Gasteiger partial charge in [0.15, 0.2) is 11.0 Å². The van der Waals surface area contributed by atoms with Crippen LogP contribution in [0.25, 0.3) is 0 Å². The Bertz CT molecular complexity index is 1140. The quantitative estimate of drug-likeness (QED) is 0.350. The molecule has 2 aromatic carbocycles. The van der Waals surface area contributed by atoms with E-state index in [2.05, 4.69) is 27.4 Å². The number of anilines is 1. The van der Waals surface area contributed by atoms with Gasteiger partial charge in [0.05, 0.1) is 25.1 Å². The number of rotatable bonds is 10. The van der Waals surface area contributed by atoms with Crippen LogP contribution in [-0.4, -0.2) is 39.4 Å². The molecule has 0 aliphatic rings. The lowest BCUT2D eigenvalue weighted by Crippen LogP contribution is -2.24. The number of nitrogens with zero attached hydrogens (tertiary/aromatic N) is 3. The molecule has 0 atom stereocenters. The molecule has 0 aliphatic carbocycles. The van der Waals surface area contributed by atoms with Crippen molar-refractivity contribution in [1.29, 1.82) is 0 Å². The first kappa shape index (κ1) is 24.1. The number of hydrogen-bond donors (Lipinski definition) is 2. The minimum absolute atomic E-state index is 0.141. The molecule has 0 unspecified atom stereocenters. The van der Waals surface area contributed by atoms with Gasteiger partial charge >= 0.3 is 0 Å². The number of nitrogens with one attached hydrogen (secondary N) is 2. The van der Waals surface area contributed by atoms with E-state index in [1.165, 1.54) is 11.8 Å². The van der Waals surface area contributed by atoms with Gasteiger partial charge in [-0.25, -0.2) is 0 Å². The van der Waals surface area contributed by atoms with Crippen LogP contribution >= 0.6 is 11.8 Å². The van der Waals surface area contributed by atoms with Crippen LogP contribution in [0.2, 0.25) is 0 Å². The van der Waals surface area contributed by atoms with Gasteiger partial charge in [0.2, 0.25) is 5.91 Å². The highest BCUT2D eigenvalue weighted by Crippen LogP contribution is 2.26. The third-order valence-corrected chi connectivity index (χ3v) is 5.75. The second-order valence-electron chi connectivity index (χ2n) is 7.39. The molecule has 3 rings (SSSR count). The van der Waals surface area contributed by atoms with E-state index >= 15 is 0 Å². The molecule has 172 valence electrons. The molecule has 0 aliphatic heterocycles. The molecule has 9 heteroatoms. The van der Waals surface area contributed by atoms with E-state index < -0.39 is 0 Å². The molecule has 2 amide bonds. The zero-order valence-corrected chi connectivity index (χ0v) is 19.7. The Kier molecular flexibility index (Phi) is 8.26. The molecule has 0 spiro atoms. The van der Waals surface area contributed by atoms with Crippen molar-refractivity contribution >= 4 is 29.3 Å². The zero-order valence-electron chi connectivity index (χ0n) is 18.9. The molecule has 0 radical (unpaired) electrons. The Balaban J connectivity index is 1.62. The normalized spacial score (nSPS) is 10.5. The lowest BCUT2D eigenvalue weighted by molar-refractivity contribution is -0.113. The minimum atomic E-state index is -0.191. The Hall–Kier alpha value is -3.59. The Morgan fingerprint density at radius 1 is 1.12 bits per heavy atom. The number of amides is 2. The minimum Gasteiger partial charge on any atom is -0.495 e. The third-order valence-electron chi connectivity index (χ3n) is 4.79. The first-order valence-corrected chi connectivity index (χ1v) is 11.3. The van der Waals surface area contributed by atoms with Crippen molar-refractivity contribution in [2.45, 2.75) is 32.1 Å². The second-order valence-corrected chi connectivity index (χ2v) is 8.33. The molecule has 0 saturated heterocycles. The summed E-state index contributed by atoms with van der Waals surface area (Å²) in [7, 11) is 1.56. The van der Waals surface area contributed by atoms with Crippen LogP contribution in [0.15, 0.2) is 60.3 Å². The zero-order chi connectivity index (χ0) is 23.8. The van der Waals surface area contributed by atoms with Crippen LogP contribution in [0, 0.1) is 13.8 Å². The summed E-state index contributed by atoms with van der Waals surface area (Å²) in [5.74, 6) is 0.941. The molecule has 0 bridgehead atoms. The van der Waals surface area contributed by atoms with Crippen LogP contribution in [0.3, 0.4) is 0 Å². The summed E-state index contributed by atoms with van der Waals surface area (Å²) >= 11 is 1.26. The van der Waals surface area contributed by atoms with E-state index in [4.69, 9.17) is 4.74 Å². The van der Waals surface area contributed by atoms with Crippen molar-refractivity contribution in [1.82, 2.24) is 20.1 Å². The SMILES string of the molecule is C=CCn1c(CNC(=O)c2ccc(C)cc2)nnc1SCC(=O)Nc1cc(C)ccc1OC. The highest BCUT2D eigenvalue weighted by Gasteiger charge is 2.16. The summed E-state index contributed by atoms with van der Waals surface area (Å²) in [5, 5.41) is 14.7. The lowest BCUT2D eigenvalue weighted by atomic mass is 10.1. The van der Waals surface area contributed by atoms with Gasteiger partial charge in [-0.15, -0.1) is 16.8 Å². The molecular weight excluding hydrogens is 438 g/mol. The molecule has 3 aromatic rings. The molecular formula is C24H27N5O3S. The van der Waals surface area contributed by atoms with Gasteiger partial charge in [-0.1, -0.05) is 41.6 Å². The Morgan fingerprint density at radius 2 is 1.85 bits per heavy atom. The maximum absolute atomic E-state index is 12.5. The summed E-state index contributed by atoms with van der Waals surface area (Å²) in [6, 6.07) is 12.9. The highest BCUT2D eigenvalue weighted by molar-refractivity contribution is 7.99. The average molecular weight is 466 g/mol. The predicted molar refractivity (Wildman–Crippen MR) is 130 cm³/mol. The van der Waals surface area contributed by atoms with Crippen LogP contribution in [0.1, 0.15) is 27.3 Å². The van der Waals surface area contributed by atoms with Crippen molar-refractivity contribution in [2.75, 3.05) is 18.2 Å². The highest BCUT2D eigenvalue weighted by atomic mass is 32.2. The van der Waals surface area contributed by atoms with Gasteiger partial charge in [0.1, 0.15) is 5.75 Å². The molecule has 2 N–H and O–H groups in total. The van der Waals surface area contributed by atoms with E-state index in [0.717, 1.165) is 11.1 Å². The summed E-state index contributed by atoms with van der Waals surface area (Å²) in [6.07, 6.45) is 1.72. The summed E-state index contributed by atoms with van der Waals surface area (Å²) < 4.78 is 7.14. The fourth-order valence-electron chi connectivity index (χ4n) is 3.07. The predicted octanol–water partition coefficient (Wildman–Crippen LogP) is 3.75. The summed E-state index contributed by atoms with van der Waals surface area (Å²) in [6.45, 7) is 8.36. The van der Waals surface area contributed by atoms with Gasteiger partial charge in [0, 0.05) is 12.1 Å². The first-order chi connectivity index (χ1) is 15.9. The molecule has 1 aromatic heterocycles. The van der Waals surface area contributed by atoms with E-state index in [1.54, 1.807) is 25.3 Å². The van der Waals surface area contributed by atoms with E-state index in [9.17, 15) is 9.59 Å². The van der Waals surface area contributed by atoms with Gasteiger partial charge in [0.25, 0.3) is 5.91 Å². The number of aromatic nitrogens is 3. The van der Waals surface area contributed by atoms with Crippen LogP contribution in [0.4, 0.5) is 5.69 Å². The number of carbonyl (C=O) groups excluding carboxylic acids is 2. The number of methoxy groups -OCH3 is 1. The molecule has 8 nitrogen and oxygen atoms in total. The van der Waals surface area contributed by atoms with Crippen LogP contribution < -0.4 is 15.4 Å². The number of aryl methyl sites for hydroxylation is 2. The van der Waals surface area contributed by atoms with Crippen LogP contribution in [-0.2, 0) is 17.9 Å². The van der Waals surface area contributed by atoms with Crippen molar-refractivity contribution in [3.8, 4) is 5.75 Å². The smallest absolute Gasteiger partial charge is 0.251 e. The number of carbonyl (C=O) groups is 2. The average Bonchev–Trinajstić information content (AvgIpc) is 3.18. The summed E-state index contributed by atoms with van der Waals surface area (Å²) in [4.78, 5) is 24.9. The van der Waals surface area contributed by atoms with Gasteiger partial charge in [-0.3, -0.25) is 9.59 Å². The molecule has 0 saturated carbocycles. The number of ether oxygens (including phenoxy) is 1. The van der Waals surface area contributed by atoms with Gasteiger partial charge in [-0.2, -0.15) is 0 Å². The van der Waals surface area contributed by atoms with Crippen molar-refractivity contribution in [3.63, 3.8) is 0 Å². The molecule has 33 heavy (non-hydrogen) atoms. The fraction of sp³-hybridized carbons (Fsp3) is 0.250. The standard InChI is InChI=1S/C24H27N5O3S/c1-5-12-29-21(14-25-23(31)18-9-6-16(2)7-10-18)27-28-24(29)33-15-22(30)26-19-13-17(3)8-11-20(19)32-4/h5-11,13H,1,12,14-15H2,2-4H3,(H,25,31)(H,26,30). The molecule has 1 heterocycles. The van der Waals surface area contributed by atoms with E-state index in [0.29, 0.717) is 34.5 Å². The second kappa shape index (κ2) is 11.3. The lowest BCUT2D eigenvalue weighted by Gasteiger charge is -2.11. The largest absolute Gasteiger partial charge is 0.495 e. The van der Waals surface area contributed by atoms with Crippen molar-refractivity contribution < 1.29 is 14.3 Å².